The maximum Gasteiger partial charge on any atom is 0.191 e. The molecule has 2 N–H and O–H groups in total. The molecule has 0 amide bonds. The van der Waals surface area contributed by atoms with Crippen molar-refractivity contribution in [1.82, 2.24) is 20.6 Å². The quantitative estimate of drug-likeness (QED) is 0.297. The van der Waals surface area contributed by atoms with E-state index in [0.717, 1.165) is 36.7 Å². The van der Waals surface area contributed by atoms with Crippen molar-refractivity contribution >= 4 is 52.9 Å². The zero-order chi connectivity index (χ0) is 15.8. The summed E-state index contributed by atoms with van der Waals surface area (Å²) in [6.07, 6.45) is 2.67. The van der Waals surface area contributed by atoms with Crippen LogP contribution in [0.3, 0.4) is 0 Å². The largest absolute Gasteiger partial charge is 0.357 e. The molecule has 0 radical (unpaired) electrons. The third-order valence-electron chi connectivity index (χ3n) is 3.06. The molecule has 0 spiro atoms. The highest BCUT2D eigenvalue weighted by Gasteiger charge is 2.02. The fourth-order valence-corrected chi connectivity index (χ4v) is 2.66. The second-order valence-electron chi connectivity index (χ2n) is 4.72. The molecule has 0 unspecified atom stereocenters. The summed E-state index contributed by atoms with van der Waals surface area (Å²) in [5.74, 6) is 0.817. The first-order valence-corrected chi connectivity index (χ1v) is 8.46. The molecule has 23 heavy (non-hydrogen) atoms. The first-order chi connectivity index (χ1) is 10.7. The van der Waals surface area contributed by atoms with Gasteiger partial charge in [-0.15, -0.1) is 35.3 Å². The van der Waals surface area contributed by atoms with E-state index in [1.807, 2.05) is 24.6 Å². The number of hydrogen-bond acceptors (Lipinski definition) is 4. The lowest BCUT2D eigenvalue weighted by molar-refractivity contribution is 0.798. The average molecular weight is 466 g/mol. The molecule has 0 saturated heterocycles. The van der Waals surface area contributed by atoms with Gasteiger partial charge in [-0.1, -0.05) is 17.7 Å². The number of aromatic nitrogens is 2. The highest BCUT2D eigenvalue weighted by molar-refractivity contribution is 14.0. The fourth-order valence-electron chi connectivity index (χ4n) is 1.85. The lowest BCUT2D eigenvalue weighted by Gasteiger charge is -2.11. The number of nitrogens with one attached hydrogen (secondary N) is 2. The minimum absolute atomic E-state index is 0. The molecule has 0 atom stereocenters. The predicted octanol–water partition coefficient (Wildman–Crippen LogP) is 3.42. The summed E-state index contributed by atoms with van der Waals surface area (Å²) in [6.45, 7) is 6.33. The molecule has 8 heteroatoms. The molecule has 0 bridgehead atoms. The topological polar surface area (TPSA) is 62.2 Å². The molecule has 5 nitrogen and oxygen atoms in total. The Morgan fingerprint density at radius 2 is 2.13 bits per heavy atom. The van der Waals surface area contributed by atoms with Gasteiger partial charge in [0.1, 0.15) is 5.15 Å². The molecule has 126 valence electrons. The van der Waals surface area contributed by atoms with E-state index in [1.165, 1.54) is 4.88 Å². The fraction of sp³-hybridized carbons (Fsp3) is 0.400. The van der Waals surface area contributed by atoms with Crippen molar-refractivity contribution < 1.29 is 0 Å². The number of thiazole rings is 1. The van der Waals surface area contributed by atoms with Crippen molar-refractivity contribution in [2.45, 2.75) is 26.8 Å². The molecule has 2 heterocycles. The highest BCUT2D eigenvalue weighted by Crippen LogP contribution is 2.12. The van der Waals surface area contributed by atoms with Gasteiger partial charge in [0.15, 0.2) is 5.96 Å². The van der Waals surface area contributed by atoms with E-state index in [0.29, 0.717) is 11.7 Å². The Kier molecular flexibility index (Phi) is 9.42. The molecule has 0 aromatic carbocycles. The molecule has 2 aromatic rings. The van der Waals surface area contributed by atoms with Gasteiger partial charge in [-0.3, -0.25) is 0 Å². The number of pyridine rings is 1. The van der Waals surface area contributed by atoms with Crippen LogP contribution in [0.2, 0.25) is 5.15 Å². The number of aliphatic imine (C=N–C) groups is 1. The molecule has 0 aliphatic carbocycles. The zero-order valence-corrected chi connectivity index (χ0v) is 17.1. The summed E-state index contributed by atoms with van der Waals surface area (Å²) in [6, 6.07) is 3.80. The van der Waals surface area contributed by atoms with Gasteiger partial charge in [-0.2, -0.15) is 0 Å². The van der Waals surface area contributed by atoms with Crippen LogP contribution in [0, 0.1) is 6.92 Å². The molecular weight excluding hydrogens is 445 g/mol. The van der Waals surface area contributed by atoms with Crippen molar-refractivity contribution in [2.24, 2.45) is 4.99 Å². The van der Waals surface area contributed by atoms with E-state index in [-0.39, 0.29) is 24.0 Å². The number of guanidine groups is 1. The second kappa shape index (κ2) is 10.8. The van der Waals surface area contributed by atoms with Gasteiger partial charge in [0, 0.05) is 24.2 Å². The Hall–Kier alpha value is -0.930. The van der Waals surface area contributed by atoms with Gasteiger partial charge in [0.05, 0.1) is 17.7 Å². The molecule has 0 fully saturated rings. The lowest BCUT2D eigenvalue weighted by atomic mass is 10.2. The van der Waals surface area contributed by atoms with Gasteiger partial charge in [-0.25, -0.2) is 15.0 Å². The van der Waals surface area contributed by atoms with Crippen LogP contribution >= 0.6 is 46.9 Å². The summed E-state index contributed by atoms with van der Waals surface area (Å²) < 4.78 is 0. The Morgan fingerprint density at radius 3 is 2.74 bits per heavy atom. The number of rotatable bonds is 6. The van der Waals surface area contributed by atoms with E-state index < -0.39 is 0 Å². The van der Waals surface area contributed by atoms with Gasteiger partial charge in [0.25, 0.3) is 0 Å². The predicted molar refractivity (Wildman–Crippen MR) is 108 cm³/mol. The first kappa shape index (κ1) is 20.1. The minimum atomic E-state index is 0. The summed E-state index contributed by atoms with van der Waals surface area (Å²) in [5, 5.41) is 7.09. The highest BCUT2D eigenvalue weighted by atomic mass is 127. The Bertz CT molecular complexity index is 615. The number of halogens is 2. The zero-order valence-electron chi connectivity index (χ0n) is 13.2. The average Bonchev–Trinajstić information content (AvgIpc) is 2.92. The van der Waals surface area contributed by atoms with Crippen molar-refractivity contribution in [3.8, 4) is 0 Å². The van der Waals surface area contributed by atoms with Crippen LogP contribution in [0.1, 0.15) is 23.1 Å². The van der Waals surface area contributed by atoms with Crippen molar-refractivity contribution in [3.05, 3.63) is 45.1 Å². The summed E-state index contributed by atoms with van der Waals surface area (Å²) in [4.78, 5) is 14.1. The number of nitrogens with zero attached hydrogens (tertiary/aromatic N) is 3. The van der Waals surface area contributed by atoms with Crippen LogP contribution in [0.15, 0.2) is 28.8 Å². The van der Waals surface area contributed by atoms with Crippen LogP contribution < -0.4 is 10.6 Å². The summed E-state index contributed by atoms with van der Waals surface area (Å²) >= 11 is 7.42. The summed E-state index contributed by atoms with van der Waals surface area (Å²) in [7, 11) is 0. The van der Waals surface area contributed by atoms with Gasteiger partial charge in [-0.05, 0) is 31.9 Å². The van der Waals surface area contributed by atoms with E-state index in [4.69, 9.17) is 11.6 Å². The van der Waals surface area contributed by atoms with Gasteiger partial charge in [0.2, 0.25) is 0 Å². The Balaban J connectivity index is 0.00000264. The molecular formula is C15H21ClIN5S. The monoisotopic (exact) mass is 465 g/mol. The standard InChI is InChI=1S/C15H20ClN5S.HI/c1-3-17-15(20-9-13-11(2)21-10-22-13)18-7-6-12-4-5-14(16)19-8-12;/h4-5,8,10H,3,6-7,9H2,1-2H3,(H2,17,18,20);1H. The first-order valence-electron chi connectivity index (χ1n) is 7.20. The minimum Gasteiger partial charge on any atom is -0.357 e. The van der Waals surface area contributed by atoms with Crippen LogP contribution in [0.5, 0.6) is 0 Å². The molecule has 0 saturated carbocycles. The van der Waals surface area contributed by atoms with Crippen LogP contribution in [-0.4, -0.2) is 29.0 Å². The second-order valence-corrected chi connectivity index (χ2v) is 6.05. The smallest absolute Gasteiger partial charge is 0.191 e. The SMILES string of the molecule is CCNC(=NCc1scnc1C)NCCc1ccc(Cl)nc1.I. The molecule has 2 rings (SSSR count). The Morgan fingerprint density at radius 1 is 1.30 bits per heavy atom. The van der Waals surface area contributed by atoms with E-state index in [1.54, 1.807) is 17.5 Å². The van der Waals surface area contributed by atoms with E-state index in [2.05, 4.69) is 32.5 Å². The van der Waals surface area contributed by atoms with E-state index >= 15 is 0 Å². The summed E-state index contributed by atoms with van der Waals surface area (Å²) in [5.41, 5.74) is 4.05. The number of hydrogen-bond donors (Lipinski definition) is 2. The van der Waals surface area contributed by atoms with Crippen LogP contribution in [0.4, 0.5) is 0 Å². The van der Waals surface area contributed by atoms with Crippen LogP contribution in [-0.2, 0) is 13.0 Å². The van der Waals surface area contributed by atoms with Gasteiger partial charge < -0.3 is 10.6 Å². The maximum atomic E-state index is 5.78. The molecule has 0 aliphatic heterocycles. The molecule has 0 aliphatic rings. The van der Waals surface area contributed by atoms with Crippen molar-refractivity contribution in [2.75, 3.05) is 13.1 Å². The van der Waals surface area contributed by atoms with Crippen molar-refractivity contribution in [3.63, 3.8) is 0 Å². The lowest BCUT2D eigenvalue weighted by Crippen LogP contribution is -2.38. The van der Waals surface area contributed by atoms with Crippen molar-refractivity contribution in [1.29, 1.82) is 0 Å². The van der Waals surface area contributed by atoms with Crippen LogP contribution in [0.25, 0.3) is 0 Å². The normalized spacial score (nSPS) is 11.0. The third-order valence-corrected chi connectivity index (χ3v) is 4.21. The van der Waals surface area contributed by atoms with Gasteiger partial charge >= 0.3 is 0 Å². The van der Waals surface area contributed by atoms with E-state index in [9.17, 15) is 0 Å². The maximum absolute atomic E-state index is 5.78. The Labute approximate surface area is 163 Å². The third kappa shape index (κ3) is 7.01. The molecule has 2 aromatic heterocycles. The number of aryl methyl sites for hydroxylation is 1.